The third-order valence-corrected chi connectivity index (χ3v) is 4.94. The number of methoxy groups -OCH3 is 1. The number of ether oxygens (including phenoxy) is 2. The summed E-state index contributed by atoms with van der Waals surface area (Å²) in [5, 5.41) is 0.930. The minimum atomic E-state index is -0.344. The molecular formula is C22H23NO4. The lowest BCUT2D eigenvalue weighted by atomic mass is 9.98. The molecule has 0 unspecified atom stereocenters. The van der Waals surface area contributed by atoms with E-state index in [0.717, 1.165) is 40.8 Å². The summed E-state index contributed by atoms with van der Waals surface area (Å²) in [6.07, 6.45) is 0.929. The molecule has 0 amide bonds. The van der Waals surface area contributed by atoms with Crippen molar-refractivity contribution in [2.24, 2.45) is 0 Å². The van der Waals surface area contributed by atoms with Crippen molar-refractivity contribution in [1.82, 2.24) is 4.90 Å². The maximum atomic E-state index is 12.3. The summed E-state index contributed by atoms with van der Waals surface area (Å²) in [7, 11) is 1.71. The minimum absolute atomic E-state index is 0.344. The second-order valence-corrected chi connectivity index (χ2v) is 6.94. The van der Waals surface area contributed by atoms with Crippen molar-refractivity contribution in [3.63, 3.8) is 0 Å². The van der Waals surface area contributed by atoms with Crippen LogP contribution in [0.4, 0.5) is 0 Å². The Morgan fingerprint density at radius 3 is 2.74 bits per heavy atom. The lowest BCUT2D eigenvalue weighted by molar-refractivity contribution is 0.0837. The molecule has 1 aliphatic rings. The standard InChI is InChI=1S/C22H23NO4/c1-15-4-6-16(7-5-15)18-12-21(24)27-22-17(18)8-9-20-19(22)13-23(14-26-20)10-3-11-25-2/h4-9,12H,3,10-11,13-14H2,1-2H3. The molecule has 5 nitrogen and oxygen atoms in total. The Hall–Kier alpha value is -2.63. The number of aryl methyl sites for hydroxylation is 1. The highest BCUT2D eigenvalue weighted by molar-refractivity contribution is 5.95. The van der Waals surface area contributed by atoms with Gasteiger partial charge in [0, 0.05) is 38.3 Å². The fourth-order valence-electron chi connectivity index (χ4n) is 3.53. The molecule has 0 bridgehead atoms. The Morgan fingerprint density at radius 1 is 1.15 bits per heavy atom. The highest BCUT2D eigenvalue weighted by Gasteiger charge is 2.22. The zero-order chi connectivity index (χ0) is 18.8. The number of benzene rings is 2. The molecule has 0 saturated heterocycles. The lowest BCUT2D eigenvalue weighted by Gasteiger charge is -2.29. The summed E-state index contributed by atoms with van der Waals surface area (Å²) >= 11 is 0. The third-order valence-electron chi connectivity index (χ3n) is 4.94. The maximum absolute atomic E-state index is 12.3. The molecule has 3 aromatic rings. The zero-order valence-corrected chi connectivity index (χ0v) is 15.7. The highest BCUT2D eigenvalue weighted by Crippen LogP contribution is 2.36. The van der Waals surface area contributed by atoms with E-state index in [1.165, 1.54) is 5.56 Å². The molecule has 27 heavy (non-hydrogen) atoms. The monoisotopic (exact) mass is 365 g/mol. The van der Waals surface area contributed by atoms with Crippen LogP contribution < -0.4 is 10.4 Å². The van der Waals surface area contributed by atoms with E-state index in [1.807, 2.05) is 31.2 Å². The van der Waals surface area contributed by atoms with Crippen molar-refractivity contribution >= 4 is 11.0 Å². The van der Waals surface area contributed by atoms with E-state index in [0.29, 0.717) is 25.5 Å². The van der Waals surface area contributed by atoms with Gasteiger partial charge in [-0.1, -0.05) is 29.8 Å². The Kier molecular flexibility index (Phi) is 4.97. The molecular weight excluding hydrogens is 342 g/mol. The second-order valence-electron chi connectivity index (χ2n) is 6.94. The van der Waals surface area contributed by atoms with Crippen LogP contribution in [0.3, 0.4) is 0 Å². The molecule has 1 aromatic heterocycles. The van der Waals surface area contributed by atoms with Crippen LogP contribution >= 0.6 is 0 Å². The first-order chi connectivity index (χ1) is 13.2. The van der Waals surface area contributed by atoms with Gasteiger partial charge in [-0.05, 0) is 36.6 Å². The normalized spacial score (nSPS) is 14.1. The average Bonchev–Trinajstić information content (AvgIpc) is 2.68. The fourth-order valence-corrected chi connectivity index (χ4v) is 3.53. The summed E-state index contributed by atoms with van der Waals surface area (Å²) in [4.78, 5) is 14.5. The van der Waals surface area contributed by atoms with Crippen molar-refractivity contribution in [2.45, 2.75) is 19.9 Å². The van der Waals surface area contributed by atoms with E-state index >= 15 is 0 Å². The quantitative estimate of drug-likeness (QED) is 0.506. The van der Waals surface area contributed by atoms with Crippen LogP contribution in [0, 0.1) is 6.92 Å². The zero-order valence-electron chi connectivity index (χ0n) is 15.7. The van der Waals surface area contributed by atoms with E-state index in [-0.39, 0.29) is 5.63 Å². The maximum Gasteiger partial charge on any atom is 0.336 e. The number of nitrogens with zero attached hydrogens (tertiary/aromatic N) is 1. The fraction of sp³-hybridized carbons (Fsp3) is 0.318. The summed E-state index contributed by atoms with van der Waals surface area (Å²) in [6, 6.07) is 13.7. The Labute approximate surface area is 158 Å². The van der Waals surface area contributed by atoms with Gasteiger partial charge in [-0.25, -0.2) is 4.79 Å². The largest absolute Gasteiger partial charge is 0.478 e. The van der Waals surface area contributed by atoms with Crippen LogP contribution in [0.5, 0.6) is 5.75 Å². The summed E-state index contributed by atoms with van der Waals surface area (Å²) in [5.41, 5.74) is 4.29. The molecule has 0 radical (unpaired) electrons. The predicted octanol–water partition coefficient (Wildman–Crippen LogP) is 3.96. The van der Waals surface area contributed by atoms with Crippen molar-refractivity contribution in [2.75, 3.05) is 27.0 Å². The molecule has 0 spiro atoms. The molecule has 1 aliphatic heterocycles. The Morgan fingerprint density at radius 2 is 1.96 bits per heavy atom. The predicted molar refractivity (Wildman–Crippen MR) is 105 cm³/mol. The van der Waals surface area contributed by atoms with Gasteiger partial charge < -0.3 is 13.9 Å². The summed E-state index contributed by atoms with van der Waals surface area (Å²) in [5.74, 6) is 0.787. The molecule has 2 heterocycles. The third kappa shape index (κ3) is 3.61. The number of hydrogen-bond acceptors (Lipinski definition) is 5. The van der Waals surface area contributed by atoms with Gasteiger partial charge in [0.2, 0.25) is 0 Å². The SMILES string of the molecule is COCCCN1COc2ccc3c(-c4ccc(C)cc4)cc(=O)oc3c2C1. The molecule has 0 saturated carbocycles. The van der Waals surface area contributed by atoms with Crippen molar-refractivity contribution in [3.8, 4) is 16.9 Å². The van der Waals surface area contributed by atoms with E-state index in [1.54, 1.807) is 13.2 Å². The van der Waals surface area contributed by atoms with Gasteiger partial charge in [0.1, 0.15) is 18.1 Å². The molecule has 0 aliphatic carbocycles. The van der Waals surface area contributed by atoms with Gasteiger partial charge in [-0.15, -0.1) is 0 Å². The summed E-state index contributed by atoms with van der Waals surface area (Å²) < 4.78 is 16.7. The van der Waals surface area contributed by atoms with E-state index < -0.39 is 0 Å². The van der Waals surface area contributed by atoms with Crippen LogP contribution in [0.25, 0.3) is 22.1 Å². The van der Waals surface area contributed by atoms with Crippen LogP contribution in [0.1, 0.15) is 17.5 Å². The van der Waals surface area contributed by atoms with Gasteiger partial charge in [0.05, 0.1) is 5.56 Å². The molecule has 5 heteroatoms. The van der Waals surface area contributed by atoms with Crippen molar-refractivity contribution in [1.29, 1.82) is 0 Å². The Balaban J connectivity index is 1.78. The topological polar surface area (TPSA) is 51.9 Å². The van der Waals surface area contributed by atoms with Crippen LogP contribution in [-0.4, -0.2) is 31.9 Å². The molecule has 0 fully saturated rings. The number of rotatable bonds is 5. The molecule has 140 valence electrons. The first-order valence-corrected chi connectivity index (χ1v) is 9.16. The smallest absolute Gasteiger partial charge is 0.336 e. The van der Waals surface area contributed by atoms with Gasteiger partial charge >= 0.3 is 5.63 Å². The first-order valence-electron chi connectivity index (χ1n) is 9.16. The van der Waals surface area contributed by atoms with Crippen molar-refractivity contribution < 1.29 is 13.9 Å². The van der Waals surface area contributed by atoms with E-state index in [4.69, 9.17) is 13.9 Å². The van der Waals surface area contributed by atoms with Crippen LogP contribution in [0.2, 0.25) is 0 Å². The van der Waals surface area contributed by atoms with E-state index in [2.05, 4.69) is 17.0 Å². The van der Waals surface area contributed by atoms with Crippen molar-refractivity contribution in [3.05, 3.63) is 64.0 Å². The average molecular weight is 365 g/mol. The van der Waals surface area contributed by atoms with Gasteiger partial charge in [0.15, 0.2) is 0 Å². The molecule has 4 rings (SSSR count). The first kappa shape index (κ1) is 17.8. The molecule has 2 aromatic carbocycles. The van der Waals surface area contributed by atoms with Gasteiger partial charge in [-0.3, -0.25) is 4.90 Å². The number of fused-ring (bicyclic) bond motifs is 3. The molecule has 0 N–H and O–H groups in total. The molecule has 0 atom stereocenters. The van der Waals surface area contributed by atoms with Crippen LogP contribution in [0.15, 0.2) is 51.7 Å². The highest BCUT2D eigenvalue weighted by atomic mass is 16.5. The van der Waals surface area contributed by atoms with E-state index in [9.17, 15) is 4.79 Å². The second kappa shape index (κ2) is 7.55. The number of hydrogen-bond donors (Lipinski definition) is 0. The van der Waals surface area contributed by atoms with Gasteiger partial charge in [0.25, 0.3) is 0 Å². The summed E-state index contributed by atoms with van der Waals surface area (Å²) in [6.45, 7) is 4.85. The minimum Gasteiger partial charge on any atom is -0.478 e. The Bertz CT molecular complexity index is 1010. The van der Waals surface area contributed by atoms with Crippen LogP contribution in [-0.2, 0) is 11.3 Å². The lowest BCUT2D eigenvalue weighted by Crippen LogP contribution is -2.33. The van der Waals surface area contributed by atoms with Gasteiger partial charge in [-0.2, -0.15) is 0 Å².